The van der Waals surface area contributed by atoms with Gasteiger partial charge in [0.15, 0.2) is 0 Å². The Balaban J connectivity index is 1.41. The van der Waals surface area contributed by atoms with Crippen LogP contribution in [-0.4, -0.2) is 0 Å². The van der Waals surface area contributed by atoms with Crippen LogP contribution < -0.4 is 10.4 Å². The summed E-state index contributed by atoms with van der Waals surface area (Å²) in [4.78, 5) is 0. The Bertz CT molecular complexity index is 2720. The highest BCUT2D eigenvalue weighted by Crippen LogP contribution is 2.47. The first-order valence-corrected chi connectivity index (χ1v) is 19.5. The third-order valence-corrected chi connectivity index (χ3v) is 11.7. The van der Waals surface area contributed by atoms with Crippen molar-refractivity contribution in [2.45, 2.75) is 65.2 Å². The number of benzene rings is 7. The van der Waals surface area contributed by atoms with E-state index in [1.807, 2.05) is 0 Å². The van der Waals surface area contributed by atoms with E-state index in [4.69, 9.17) is 0 Å². The van der Waals surface area contributed by atoms with Crippen molar-refractivity contribution in [1.82, 2.24) is 0 Å². The van der Waals surface area contributed by atoms with Crippen LogP contribution in [0.3, 0.4) is 0 Å². The van der Waals surface area contributed by atoms with Gasteiger partial charge in [-0.05, 0) is 130 Å². The van der Waals surface area contributed by atoms with Crippen LogP contribution in [0.5, 0.6) is 0 Å². The fourth-order valence-corrected chi connectivity index (χ4v) is 9.18. The summed E-state index contributed by atoms with van der Waals surface area (Å²) in [6.07, 6.45) is 4.99. The number of hydrogen-bond acceptors (Lipinski definition) is 0. The van der Waals surface area contributed by atoms with E-state index in [2.05, 4.69) is 206 Å². The molecule has 54 heavy (non-hydrogen) atoms. The van der Waals surface area contributed by atoms with Gasteiger partial charge in [-0.15, -0.1) is 0 Å². The van der Waals surface area contributed by atoms with Crippen molar-refractivity contribution in [3.8, 4) is 22.3 Å². The summed E-state index contributed by atoms with van der Waals surface area (Å²) in [6.45, 7) is 16.5. The van der Waals surface area contributed by atoms with Gasteiger partial charge in [-0.3, -0.25) is 0 Å². The van der Waals surface area contributed by atoms with Crippen molar-refractivity contribution in [2.75, 3.05) is 0 Å². The van der Waals surface area contributed by atoms with Gasteiger partial charge in [-0.1, -0.05) is 187 Å². The van der Waals surface area contributed by atoms with E-state index in [0.29, 0.717) is 0 Å². The summed E-state index contributed by atoms with van der Waals surface area (Å²) in [7, 11) is 0. The fraction of sp³-hybridized carbons (Fsp3) is 0.185. The predicted molar refractivity (Wildman–Crippen MR) is 231 cm³/mol. The number of fused-ring (bicyclic) bond motifs is 5. The van der Waals surface area contributed by atoms with Crippen LogP contribution in [0, 0.1) is 0 Å². The van der Waals surface area contributed by atoms with Crippen LogP contribution in [0.2, 0.25) is 0 Å². The van der Waals surface area contributed by atoms with E-state index >= 15 is 0 Å². The lowest BCUT2D eigenvalue weighted by atomic mass is 9.73. The third kappa shape index (κ3) is 5.68. The van der Waals surface area contributed by atoms with Crippen molar-refractivity contribution >= 4 is 28.5 Å². The molecule has 0 aromatic heterocycles. The topological polar surface area (TPSA) is 0 Å². The zero-order valence-electron chi connectivity index (χ0n) is 32.6. The average molecular weight is 697 g/mol. The number of rotatable bonds is 4. The lowest BCUT2D eigenvalue weighted by molar-refractivity contribution is 0.575. The molecule has 0 fully saturated rings. The quantitative estimate of drug-likeness (QED) is 0.172. The normalized spacial score (nSPS) is 14.6. The molecule has 0 heterocycles. The highest BCUT2D eigenvalue weighted by atomic mass is 14.4. The lowest BCUT2D eigenvalue weighted by Gasteiger charge is -2.30. The van der Waals surface area contributed by atoms with Crippen LogP contribution in [0.25, 0.3) is 50.8 Å². The van der Waals surface area contributed by atoms with E-state index in [-0.39, 0.29) is 16.7 Å². The maximum atomic E-state index is 2.54. The predicted octanol–water partition coefficient (Wildman–Crippen LogP) is 12.7. The van der Waals surface area contributed by atoms with E-state index in [9.17, 15) is 0 Å². The zero-order valence-corrected chi connectivity index (χ0v) is 32.6. The highest BCUT2D eigenvalue weighted by molar-refractivity contribution is 5.92. The lowest BCUT2D eigenvalue weighted by Crippen LogP contribution is -2.34. The number of allylic oxidation sites excluding steroid dienone is 1. The van der Waals surface area contributed by atoms with Crippen molar-refractivity contribution in [3.05, 3.63) is 206 Å². The summed E-state index contributed by atoms with van der Waals surface area (Å²) < 4.78 is 0. The smallest absolute Gasteiger partial charge is 0.0315 e. The second-order valence-electron chi connectivity index (χ2n) is 17.4. The molecule has 7 aromatic rings. The Morgan fingerprint density at radius 1 is 0.519 bits per heavy atom. The van der Waals surface area contributed by atoms with Crippen LogP contribution in [-0.2, 0) is 10.8 Å². The number of hydrogen-bond donors (Lipinski definition) is 0. The molecule has 0 bridgehead atoms. The summed E-state index contributed by atoms with van der Waals surface area (Å²) >= 11 is 0. The highest BCUT2D eigenvalue weighted by Gasteiger charge is 2.35. The molecule has 0 saturated carbocycles. The second-order valence-corrected chi connectivity index (χ2v) is 17.4. The van der Waals surface area contributed by atoms with Crippen LogP contribution >= 0.6 is 0 Å². The standard InChI is InChI=1S/C54H48/c1-34-29-45-42(39-26-25-35-17-14-15-22-38(35)30-39)23-16-24-44(45)49(34)51-47-32-40-31-41(53(2,3)4)27-28-43(40)46(47)33-48(52(51)54(5,6)7)50(36-18-10-8-11-19-36)37-20-12-9-13-21-37/h8-33,49H,1-7H3. The first-order chi connectivity index (χ1) is 26.0. The fourth-order valence-electron chi connectivity index (χ4n) is 9.18. The Labute approximate surface area is 320 Å². The molecule has 1 atom stereocenters. The Kier molecular flexibility index (Phi) is 8.02. The van der Waals surface area contributed by atoms with E-state index in [0.717, 1.165) is 0 Å². The molecule has 0 radical (unpaired) electrons. The average Bonchev–Trinajstić information content (AvgIpc) is 3.70. The van der Waals surface area contributed by atoms with Gasteiger partial charge in [-0.2, -0.15) is 0 Å². The molecule has 2 aliphatic rings. The molecule has 264 valence electrons. The third-order valence-electron chi connectivity index (χ3n) is 11.7. The van der Waals surface area contributed by atoms with Crippen molar-refractivity contribution in [3.63, 3.8) is 0 Å². The van der Waals surface area contributed by atoms with Gasteiger partial charge < -0.3 is 0 Å². The van der Waals surface area contributed by atoms with Gasteiger partial charge in [-0.25, -0.2) is 0 Å². The first kappa shape index (κ1) is 34.1. The zero-order chi connectivity index (χ0) is 37.4. The van der Waals surface area contributed by atoms with Crippen LogP contribution in [0.1, 0.15) is 98.9 Å². The molecule has 2 aliphatic carbocycles. The summed E-state index contributed by atoms with van der Waals surface area (Å²) in [5.74, 6) is 0.115. The van der Waals surface area contributed by atoms with Crippen LogP contribution in [0.15, 0.2) is 151 Å². The van der Waals surface area contributed by atoms with Gasteiger partial charge in [0, 0.05) is 5.92 Å². The SMILES string of the molecule is CC1=Cc2c(-c3ccc4ccccc4c3)cccc2C1c1c(C(C)(C)C)c(=C(c2ccccc2)c2ccccc2)cc2c1=Cc1cc(C(C)(C)C)ccc1-2. The Morgan fingerprint density at radius 2 is 1.19 bits per heavy atom. The molecule has 1 unspecified atom stereocenters. The monoisotopic (exact) mass is 696 g/mol. The van der Waals surface area contributed by atoms with E-state index in [1.165, 1.54) is 99.1 Å². The summed E-state index contributed by atoms with van der Waals surface area (Å²) in [5.41, 5.74) is 18.6. The van der Waals surface area contributed by atoms with Gasteiger partial charge in [0.1, 0.15) is 0 Å². The molecule has 0 amide bonds. The van der Waals surface area contributed by atoms with Crippen molar-refractivity contribution < 1.29 is 0 Å². The molecule has 9 rings (SSSR count). The molecule has 0 aliphatic heterocycles. The molecule has 0 N–H and O–H groups in total. The first-order valence-electron chi connectivity index (χ1n) is 19.5. The Hall–Kier alpha value is -5.72. The molecule has 0 nitrogen and oxygen atoms in total. The van der Waals surface area contributed by atoms with Crippen LogP contribution in [0.4, 0.5) is 0 Å². The Morgan fingerprint density at radius 3 is 1.85 bits per heavy atom. The second kappa shape index (κ2) is 12.7. The molecule has 0 saturated heterocycles. The van der Waals surface area contributed by atoms with E-state index < -0.39 is 0 Å². The largest absolute Gasteiger partial charge is 0.0622 e. The van der Waals surface area contributed by atoms with E-state index in [1.54, 1.807) is 0 Å². The molecular formula is C54H48. The minimum Gasteiger partial charge on any atom is -0.0622 e. The molecule has 7 aromatic carbocycles. The summed E-state index contributed by atoms with van der Waals surface area (Å²) in [5, 5.41) is 5.23. The van der Waals surface area contributed by atoms with Gasteiger partial charge in [0.05, 0.1) is 0 Å². The maximum Gasteiger partial charge on any atom is 0.0315 e. The van der Waals surface area contributed by atoms with Gasteiger partial charge in [0.2, 0.25) is 0 Å². The maximum absolute atomic E-state index is 2.54. The van der Waals surface area contributed by atoms with Crippen molar-refractivity contribution in [2.24, 2.45) is 0 Å². The van der Waals surface area contributed by atoms with Crippen molar-refractivity contribution in [1.29, 1.82) is 0 Å². The van der Waals surface area contributed by atoms with Gasteiger partial charge in [0.25, 0.3) is 0 Å². The summed E-state index contributed by atoms with van der Waals surface area (Å²) in [6, 6.07) is 54.4. The molecular weight excluding hydrogens is 649 g/mol. The molecule has 0 spiro atoms. The minimum atomic E-state index is -0.160. The minimum absolute atomic E-state index is 0.0622. The molecule has 0 heteroatoms. The van der Waals surface area contributed by atoms with Gasteiger partial charge >= 0.3 is 0 Å².